The van der Waals surface area contributed by atoms with Crippen LogP contribution in [0.4, 0.5) is 10.1 Å². The molecule has 1 unspecified atom stereocenters. The molecule has 4 nitrogen and oxygen atoms in total. The lowest BCUT2D eigenvalue weighted by Gasteiger charge is -2.20. The number of carbonyl (C=O) groups excluding carboxylic acids is 1. The van der Waals surface area contributed by atoms with Crippen molar-refractivity contribution in [1.29, 1.82) is 0 Å². The number of hydrogen-bond acceptors (Lipinski definition) is 3. The van der Waals surface area contributed by atoms with Gasteiger partial charge in [0.2, 0.25) is 5.91 Å². The number of hydrogen-bond donors (Lipinski definition) is 3. The summed E-state index contributed by atoms with van der Waals surface area (Å²) in [5.41, 5.74) is 2.25. The summed E-state index contributed by atoms with van der Waals surface area (Å²) in [5, 5.41) is 15.9. The van der Waals surface area contributed by atoms with Gasteiger partial charge in [0.25, 0.3) is 0 Å². The number of phenolic OH excluding ortho intramolecular Hbond substituents is 1. The smallest absolute Gasteiger partial charge is 0.221 e. The highest BCUT2D eigenvalue weighted by Gasteiger charge is 2.26. The van der Waals surface area contributed by atoms with E-state index in [-0.39, 0.29) is 17.4 Å². The minimum atomic E-state index is -0.542. The SMILES string of the molecule is CC(=O)Nc1c(O)cc2c(c1F)CCNCC2c1ccccc1. The molecule has 2 aromatic rings. The summed E-state index contributed by atoms with van der Waals surface area (Å²) < 4.78 is 14.8. The van der Waals surface area contributed by atoms with Crippen LogP contribution in [0.3, 0.4) is 0 Å². The Hall–Kier alpha value is -2.40. The Morgan fingerprint density at radius 1 is 1.35 bits per heavy atom. The molecular formula is C18H19FN2O2. The molecule has 0 aromatic heterocycles. The zero-order chi connectivity index (χ0) is 16.4. The van der Waals surface area contributed by atoms with Crippen molar-refractivity contribution in [1.82, 2.24) is 5.32 Å². The monoisotopic (exact) mass is 314 g/mol. The largest absolute Gasteiger partial charge is 0.506 e. The van der Waals surface area contributed by atoms with Crippen LogP contribution < -0.4 is 10.6 Å². The molecule has 1 heterocycles. The van der Waals surface area contributed by atoms with E-state index in [4.69, 9.17) is 0 Å². The summed E-state index contributed by atoms with van der Waals surface area (Å²) in [5.74, 6) is -1.23. The summed E-state index contributed by atoms with van der Waals surface area (Å²) >= 11 is 0. The van der Waals surface area contributed by atoms with E-state index in [1.54, 1.807) is 6.07 Å². The first-order valence-electron chi connectivity index (χ1n) is 7.65. The molecule has 0 saturated carbocycles. The molecule has 1 amide bonds. The lowest BCUT2D eigenvalue weighted by Crippen LogP contribution is -2.20. The molecule has 3 rings (SSSR count). The van der Waals surface area contributed by atoms with Gasteiger partial charge in [-0.15, -0.1) is 0 Å². The Morgan fingerprint density at radius 3 is 2.78 bits per heavy atom. The predicted molar refractivity (Wildman–Crippen MR) is 87.2 cm³/mol. The van der Waals surface area contributed by atoms with Crippen LogP contribution >= 0.6 is 0 Å². The van der Waals surface area contributed by atoms with Gasteiger partial charge in [-0.2, -0.15) is 0 Å². The van der Waals surface area contributed by atoms with Crippen molar-refractivity contribution in [3.8, 4) is 5.75 Å². The summed E-state index contributed by atoms with van der Waals surface area (Å²) in [4.78, 5) is 11.2. The van der Waals surface area contributed by atoms with Gasteiger partial charge in [-0.3, -0.25) is 4.79 Å². The molecule has 1 aliphatic rings. The van der Waals surface area contributed by atoms with E-state index in [9.17, 15) is 14.3 Å². The number of carbonyl (C=O) groups is 1. The molecule has 0 bridgehead atoms. The van der Waals surface area contributed by atoms with E-state index in [0.29, 0.717) is 25.1 Å². The fourth-order valence-corrected chi connectivity index (χ4v) is 3.11. The van der Waals surface area contributed by atoms with Crippen molar-refractivity contribution >= 4 is 11.6 Å². The second-order valence-electron chi connectivity index (χ2n) is 5.75. The van der Waals surface area contributed by atoms with Crippen LogP contribution in [0.15, 0.2) is 36.4 Å². The van der Waals surface area contributed by atoms with Crippen molar-refractivity contribution in [2.24, 2.45) is 0 Å². The fourth-order valence-electron chi connectivity index (χ4n) is 3.11. The van der Waals surface area contributed by atoms with Gasteiger partial charge in [0.15, 0.2) is 5.82 Å². The summed E-state index contributed by atoms with van der Waals surface area (Å²) in [7, 11) is 0. The predicted octanol–water partition coefficient (Wildman–Crippen LogP) is 2.77. The van der Waals surface area contributed by atoms with E-state index >= 15 is 0 Å². The van der Waals surface area contributed by atoms with Crippen molar-refractivity contribution in [3.05, 3.63) is 58.9 Å². The Kier molecular flexibility index (Phi) is 4.30. The number of phenols is 1. The molecule has 1 atom stereocenters. The summed E-state index contributed by atoms with van der Waals surface area (Å²) in [6.07, 6.45) is 0.511. The van der Waals surface area contributed by atoms with Crippen LogP contribution in [0.2, 0.25) is 0 Å². The molecule has 0 fully saturated rings. The fraction of sp³-hybridized carbons (Fsp3) is 0.278. The van der Waals surface area contributed by atoms with Crippen molar-refractivity contribution in [2.45, 2.75) is 19.3 Å². The third kappa shape index (κ3) is 3.05. The van der Waals surface area contributed by atoms with Crippen LogP contribution in [0.25, 0.3) is 0 Å². The Morgan fingerprint density at radius 2 is 2.09 bits per heavy atom. The minimum Gasteiger partial charge on any atom is -0.506 e. The van der Waals surface area contributed by atoms with Gasteiger partial charge in [0.1, 0.15) is 11.4 Å². The highest BCUT2D eigenvalue weighted by Crippen LogP contribution is 2.38. The molecule has 1 aliphatic heterocycles. The van der Waals surface area contributed by atoms with Crippen LogP contribution in [-0.2, 0) is 11.2 Å². The van der Waals surface area contributed by atoms with Crippen LogP contribution in [0, 0.1) is 5.82 Å². The van der Waals surface area contributed by atoms with Gasteiger partial charge in [-0.1, -0.05) is 30.3 Å². The Labute approximate surface area is 134 Å². The number of benzene rings is 2. The van der Waals surface area contributed by atoms with Crippen molar-refractivity contribution in [2.75, 3.05) is 18.4 Å². The standard InChI is InChI=1S/C18H19FN2O2/c1-11(22)21-18-16(23)9-14-13(17(18)19)7-8-20-10-15(14)12-5-3-2-4-6-12/h2-6,9,15,20,23H,7-8,10H2,1H3,(H,21,22). The van der Waals surface area contributed by atoms with Gasteiger partial charge in [-0.25, -0.2) is 4.39 Å². The Bertz CT molecular complexity index is 732. The molecule has 0 radical (unpaired) electrons. The first-order chi connectivity index (χ1) is 11.1. The highest BCUT2D eigenvalue weighted by atomic mass is 19.1. The third-order valence-electron chi connectivity index (χ3n) is 4.16. The average Bonchev–Trinajstić information content (AvgIpc) is 2.74. The number of rotatable bonds is 2. The number of aromatic hydroxyl groups is 1. The molecule has 0 spiro atoms. The van der Waals surface area contributed by atoms with E-state index < -0.39 is 11.7 Å². The quantitative estimate of drug-likeness (QED) is 0.747. The van der Waals surface area contributed by atoms with Crippen LogP contribution in [0.5, 0.6) is 5.75 Å². The lowest BCUT2D eigenvalue weighted by molar-refractivity contribution is -0.114. The molecule has 120 valence electrons. The van der Waals surface area contributed by atoms with Crippen molar-refractivity contribution < 1.29 is 14.3 Å². The number of amides is 1. The third-order valence-corrected chi connectivity index (χ3v) is 4.16. The highest BCUT2D eigenvalue weighted by molar-refractivity contribution is 5.90. The first-order valence-corrected chi connectivity index (χ1v) is 7.65. The molecule has 0 saturated heterocycles. The zero-order valence-electron chi connectivity index (χ0n) is 12.9. The van der Waals surface area contributed by atoms with Crippen molar-refractivity contribution in [3.63, 3.8) is 0 Å². The first kappa shape index (κ1) is 15.5. The molecular weight excluding hydrogens is 295 g/mol. The van der Waals surface area contributed by atoms with E-state index in [1.165, 1.54) is 6.92 Å². The molecule has 23 heavy (non-hydrogen) atoms. The topological polar surface area (TPSA) is 61.4 Å². The maximum Gasteiger partial charge on any atom is 0.221 e. The van der Waals surface area contributed by atoms with E-state index in [2.05, 4.69) is 10.6 Å². The molecule has 0 aliphatic carbocycles. The van der Waals surface area contributed by atoms with Gasteiger partial charge in [-0.05, 0) is 35.7 Å². The van der Waals surface area contributed by atoms with E-state index in [0.717, 1.165) is 11.1 Å². The van der Waals surface area contributed by atoms with Gasteiger partial charge in [0, 0.05) is 19.4 Å². The summed E-state index contributed by atoms with van der Waals surface area (Å²) in [6, 6.07) is 11.4. The molecule has 5 heteroatoms. The van der Waals surface area contributed by atoms with Crippen LogP contribution in [-0.4, -0.2) is 24.1 Å². The molecule has 2 aromatic carbocycles. The number of nitrogens with one attached hydrogen (secondary N) is 2. The number of halogens is 1. The van der Waals surface area contributed by atoms with Gasteiger partial charge in [0.05, 0.1) is 0 Å². The maximum atomic E-state index is 14.8. The van der Waals surface area contributed by atoms with E-state index in [1.807, 2.05) is 30.3 Å². The second-order valence-corrected chi connectivity index (χ2v) is 5.75. The number of fused-ring (bicyclic) bond motifs is 1. The number of anilines is 1. The normalized spacial score (nSPS) is 17.2. The Balaban J connectivity index is 2.13. The lowest BCUT2D eigenvalue weighted by atomic mass is 9.87. The maximum absolute atomic E-state index is 14.8. The van der Waals surface area contributed by atoms with Gasteiger partial charge >= 0.3 is 0 Å². The summed E-state index contributed by atoms with van der Waals surface area (Å²) in [6.45, 7) is 2.62. The zero-order valence-corrected chi connectivity index (χ0v) is 12.9. The minimum absolute atomic E-state index is 0.0412. The van der Waals surface area contributed by atoms with Crippen LogP contribution in [0.1, 0.15) is 29.5 Å². The average molecular weight is 314 g/mol. The second kappa shape index (κ2) is 6.38. The molecule has 3 N–H and O–H groups in total. The van der Waals surface area contributed by atoms with Gasteiger partial charge < -0.3 is 15.7 Å².